The third kappa shape index (κ3) is 3.79. The van der Waals surface area contributed by atoms with Crippen LogP contribution in [0.1, 0.15) is 5.56 Å². The van der Waals surface area contributed by atoms with Gasteiger partial charge in [-0.3, -0.25) is 0 Å². The molecule has 0 bridgehead atoms. The van der Waals surface area contributed by atoms with Crippen LogP contribution >= 0.6 is 0 Å². The van der Waals surface area contributed by atoms with Gasteiger partial charge in [0.05, 0.1) is 20.3 Å². The Balaban J connectivity index is 2.05. The number of hydrogen-bond donors (Lipinski definition) is 2. The molecule has 0 radical (unpaired) electrons. The summed E-state index contributed by atoms with van der Waals surface area (Å²) >= 11 is 0. The molecule has 1 aromatic carbocycles. The van der Waals surface area contributed by atoms with E-state index in [1.807, 2.05) is 6.07 Å². The fraction of sp³-hybridized carbons (Fsp3) is 0.625. The average molecular weight is 280 g/mol. The number of aliphatic hydroxyl groups excluding tert-OH is 2. The number of aliphatic hydroxyl groups is 2. The van der Waals surface area contributed by atoms with Gasteiger partial charge < -0.3 is 19.2 Å². The molecular weight excluding hydrogens is 252 g/mol. The summed E-state index contributed by atoms with van der Waals surface area (Å²) in [6.07, 6.45) is 0. The second-order valence-corrected chi connectivity index (χ2v) is 6.39. The molecule has 4 nitrogen and oxygen atoms in total. The maximum atomic E-state index is 9.43. The van der Waals surface area contributed by atoms with Crippen LogP contribution in [-0.4, -0.2) is 78.7 Å². The van der Waals surface area contributed by atoms with Gasteiger partial charge >= 0.3 is 0 Å². The second kappa shape index (κ2) is 6.68. The van der Waals surface area contributed by atoms with E-state index >= 15 is 0 Å². The zero-order valence-corrected chi connectivity index (χ0v) is 12.5. The second-order valence-electron chi connectivity index (χ2n) is 6.39. The third-order valence-corrected chi connectivity index (χ3v) is 4.80. The van der Waals surface area contributed by atoms with Crippen LogP contribution in [0.2, 0.25) is 0 Å². The highest BCUT2D eigenvalue weighted by Gasteiger charge is 2.39. The van der Waals surface area contributed by atoms with Crippen LogP contribution in [0, 0.1) is 0 Å². The minimum atomic E-state index is 0.247. The van der Waals surface area contributed by atoms with Crippen LogP contribution in [0.5, 0.6) is 0 Å². The Morgan fingerprint density at radius 3 is 2.05 bits per heavy atom. The number of likely N-dealkylation sites (N-methyl/N-ethyl adjacent to an activating group) is 1. The van der Waals surface area contributed by atoms with Crippen molar-refractivity contribution in [1.29, 1.82) is 0 Å². The molecule has 2 N–H and O–H groups in total. The highest BCUT2D eigenvalue weighted by molar-refractivity contribution is 5.13. The van der Waals surface area contributed by atoms with E-state index in [4.69, 9.17) is 0 Å². The van der Waals surface area contributed by atoms with E-state index in [-0.39, 0.29) is 13.2 Å². The summed E-state index contributed by atoms with van der Waals surface area (Å²) in [4.78, 5) is 0. The Kier molecular flexibility index (Phi) is 5.16. The van der Waals surface area contributed by atoms with Crippen molar-refractivity contribution in [2.75, 3.05) is 59.5 Å². The van der Waals surface area contributed by atoms with E-state index in [1.165, 1.54) is 5.56 Å². The smallest absolute Gasteiger partial charge is 0.129 e. The molecule has 20 heavy (non-hydrogen) atoms. The standard InChI is InChI=1S/C16H28N2O2/c1-17(11-13-19)7-9-18(10-8-17,12-14-20)15-16-5-3-2-4-6-16/h2-6,19-20H,7-15H2,1H3/q+2. The molecule has 1 aliphatic rings. The Bertz CT molecular complexity index is 400. The van der Waals surface area contributed by atoms with Gasteiger partial charge in [-0.25, -0.2) is 0 Å². The molecule has 1 aromatic rings. The molecular formula is C16H28N2O2+2. The van der Waals surface area contributed by atoms with Gasteiger partial charge in [0, 0.05) is 5.56 Å². The lowest BCUT2D eigenvalue weighted by Gasteiger charge is -2.48. The van der Waals surface area contributed by atoms with Crippen molar-refractivity contribution in [2.45, 2.75) is 6.54 Å². The van der Waals surface area contributed by atoms with Crippen molar-refractivity contribution in [2.24, 2.45) is 0 Å². The van der Waals surface area contributed by atoms with Crippen LogP contribution in [0.15, 0.2) is 30.3 Å². The highest BCUT2D eigenvalue weighted by Crippen LogP contribution is 2.21. The number of piperazine rings is 1. The van der Waals surface area contributed by atoms with Crippen molar-refractivity contribution in [3.05, 3.63) is 35.9 Å². The summed E-state index contributed by atoms with van der Waals surface area (Å²) in [7, 11) is 2.23. The van der Waals surface area contributed by atoms with Crippen molar-refractivity contribution in [1.82, 2.24) is 0 Å². The van der Waals surface area contributed by atoms with E-state index in [1.54, 1.807) is 0 Å². The molecule has 112 valence electrons. The van der Waals surface area contributed by atoms with Crippen LogP contribution in [0.25, 0.3) is 0 Å². The monoisotopic (exact) mass is 280 g/mol. The van der Waals surface area contributed by atoms with Gasteiger partial charge in [-0.15, -0.1) is 0 Å². The zero-order chi connectivity index (χ0) is 14.5. The lowest BCUT2D eigenvalue weighted by atomic mass is 10.1. The molecule has 2 rings (SSSR count). The third-order valence-electron chi connectivity index (χ3n) is 4.80. The fourth-order valence-corrected chi connectivity index (χ4v) is 3.24. The normalized spacial score (nSPS) is 30.4. The zero-order valence-electron chi connectivity index (χ0n) is 12.5. The molecule has 1 aliphatic heterocycles. The van der Waals surface area contributed by atoms with Crippen molar-refractivity contribution in [3.8, 4) is 0 Å². The predicted molar refractivity (Wildman–Crippen MR) is 80.0 cm³/mol. The minimum Gasteiger partial charge on any atom is -0.391 e. The van der Waals surface area contributed by atoms with E-state index in [0.29, 0.717) is 0 Å². The number of benzene rings is 1. The first-order valence-electron chi connectivity index (χ1n) is 7.56. The SMILES string of the molecule is C[N+]1(CCO)CC[N+](CCO)(Cc2ccccc2)CC1. The first-order chi connectivity index (χ1) is 9.61. The van der Waals surface area contributed by atoms with E-state index in [2.05, 4.69) is 31.3 Å². The minimum absolute atomic E-state index is 0.247. The van der Waals surface area contributed by atoms with Gasteiger partial charge in [0.2, 0.25) is 0 Å². The molecule has 0 amide bonds. The maximum absolute atomic E-state index is 9.43. The Hall–Kier alpha value is -0.940. The summed E-state index contributed by atoms with van der Waals surface area (Å²) in [6, 6.07) is 10.6. The summed E-state index contributed by atoms with van der Waals surface area (Å²) < 4.78 is 1.93. The molecule has 4 heteroatoms. The van der Waals surface area contributed by atoms with Crippen LogP contribution in [-0.2, 0) is 6.54 Å². The van der Waals surface area contributed by atoms with Gasteiger partial charge in [0.1, 0.15) is 45.8 Å². The quantitative estimate of drug-likeness (QED) is 0.743. The lowest BCUT2D eigenvalue weighted by Crippen LogP contribution is -2.66. The Morgan fingerprint density at radius 1 is 0.900 bits per heavy atom. The molecule has 1 heterocycles. The number of nitrogens with zero attached hydrogens (tertiary/aromatic N) is 2. The maximum Gasteiger partial charge on any atom is 0.129 e. The Labute approximate surface area is 122 Å². The van der Waals surface area contributed by atoms with E-state index < -0.39 is 0 Å². The largest absolute Gasteiger partial charge is 0.391 e. The molecule has 0 unspecified atom stereocenters. The molecule has 0 aliphatic carbocycles. The van der Waals surface area contributed by atoms with Crippen molar-refractivity contribution in [3.63, 3.8) is 0 Å². The lowest BCUT2D eigenvalue weighted by molar-refractivity contribution is -1.03. The van der Waals surface area contributed by atoms with Gasteiger partial charge in [0.15, 0.2) is 0 Å². The first-order valence-corrected chi connectivity index (χ1v) is 7.56. The van der Waals surface area contributed by atoms with Crippen LogP contribution < -0.4 is 0 Å². The average Bonchev–Trinajstić information content (AvgIpc) is 2.44. The fourth-order valence-electron chi connectivity index (χ4n) is 3.24. The molecule has 1 saturated heterocycles. The number of hydrogen-bond acceptors (Lipinski definition) is 2. The van der Waals surface area contributed by atoms with Crippen LogP contribution in [0.3, 0.4) is 0 Å². The molecule has 0 aromatic heterocycles. The summed E-state index contributed by atoms with van der Waals surface area (Å²) in [6.45, 7) is 7.48. The summed E-state index contributed by atoms with van der Waals surface area (Å²) in [5.74, 6) is 0. The van der Waals surface area contributed by atoms with Gasteiger partial charge in [-0.05, 0) is 0 Å². The van der Waals surface area contributed by atoms with Crippen molar-refractivity contribution < 1.29 is 19.2 Å². The highest BCUT2D eigenvalue weighted by atomic mass is 16.3. The molecule has 0 atom stereocenters. The van der Waals surface area contributed by atoms with Crippen molar-refractivity contribution >= 4 is 0 Å². The number of rotatable bonds is 6. The van der Waals surface area contributed by atoms with E-state index in [0.717, 1.165) is 54.8 Å². The Morgan fingerprint density at radius 2 is 1.50 bits per heavy atom. The first kappa shape index (κ1) is 15.4. The summed E-state index contributed by atoms with van der Waals surface area (Å²) in [5.41, 5.74) is 1.35. The van der Waals surface area contributed by atoms with Gasteiger partial charge in [-0.1, -0.05) is 30.3 Å². The molecule has 0 saturated carbocycles. The predicted octanol–water partition coefficient (Wildman–Crippen LogP) is 0.448. The summed E-state index contributed by atoms with van der Waals surface area (Å²) in [5, 5.41) is 18.6. The van der Waals surface area contributed by atoms with Gasteiger partial charge in [0.25, 0.3) is 0 Å². The van der Waals surface area contributed by atoms with Crippen LogP contribution in [0.4, 0.5) is 0 Å². The number of quaternary nitrogens is 2. The van der Waals surface area contributed by atoms with Gasteiger partial charge in [-0.2, -0.15) is 0 Å². The van der Waals surface area contributed by atoms with E-state index in [9.17, 15) is 10.2 Å². The molecule has 0 spiro atoms. The molecule has 1 fully saturated rings. The topological polar surface area (TPSA) is 40.5 Å².